The summed E-state index contributed by atoms with van der Waals surface area (Å²) in [5.41, 5.74) is -0.442. The Hall–Kier alpha value is -1.81. The molecule has 1 fully saturated rings. The number of anilines is 1. The van der Waals surface area contributed by atoms with E-state index in [1.54, 1.807) is 0 Å². The van der Waals surface area contributed by atoms with Crippen LogP contribution in [0.15, 0.2) is 23.1 Å². The van der Waals surface area contributed by atoms with Crippen molar-refractivity contribution in [2.45, 2.75) is 36.5 Å². The van der Waals surface area contributed by atoms with E-state index in [0.29, 0.717) is 19.3 Å². The van der Waals surface area contributed by atoms with Gasteiger partial charge >= 0.3 is 5.76 Å². The monoisotopic (exact) mass is 364 g/mol. The van der Waals surface area contributed by atoms with E-state index in [9.17, 15) is 27.3 Å². The third-order valence-electron chi connectivity index (χ3n) is 4.09. The molecule has 1 saturated heterocycles. The predicted molar refractivity (Wildman–Crippen MR) is 82.9 cm³/mol. The molecule has 1 unspecified atom stereocenters. The zero-order valence-electron chi connectivity index (χ0n) is 12.9. The van der Waals surface area contributed by atoms with Crippen LogP contribution in [-0.4, -0.2) is 38.4 Å². The van der Waals surface area contributed by atoms with Crippen LogP contribution in [0.2, 0.25) is 0 Å². The van der Waals surface area contributed by atoms with Crippen LogP contribution >= 0.6 is 0 Å². The van der Waals surface area contributed by atoms with Gasteiger partial charge in [-0.15, -0.1) is 0 Å². The molecule has 1 N–H and O–H groups in total. The van der Waals surface area contributed by atoms with Crippen LogP contribution in [0.3, 0.4) is 0 Å². The number of ether oxygens (including phenoxy) is 1. The molecule has 0 spiro atoms. The summed E-state index contributed by atoms with van der Waals surface area (Å²) in [5.74, 6) is -3.38. The second-order valence-electron chi connectivity index (χ2n) is 5.62. The lowest BCUT2D eigenvalue weighted by Gasteiger charge is -2.29. The first-order valence-electron chi connectivity index (χ1n) is 7.38. The van der Waals surface area contributed by atoms with E-state index < -0.39 is 31.1 Å². The number of hydrogen-bond acceptors (Lipinski definition) is 6. The third-order valence-corrected chi connectivity index (χ3v) is 5.47. The Morgan fingerprint density at radius 1 is 1.33 bits per heavy atom. The minimum Gasteiger partial charge on any atom is -0.381 e. The number of nitro groups is 1. The fourth-order valence-corrected chi connectivity index (χ4v) is 3.38. The molecule has 7 nitrogen and oxygen atoms in total. The molecular weight excluding hydrogens is 346 g/mol. The Morgan fingerprint density at radius 2 is 1.96 bits per heavy atom. The molecule has 2 rings (SSSR count). The van der Waals surface area contributed by atoms with Crippen LogP contribution in [0.1, 0.15) is 19.8 Å². The first-order chi connectivity index (χ1) is 11.2. The highest BCUT2D eigenvalue weighted by molar-refractivity contribution is 7.91. The molecular formula is C14H18F2N2O5S. The van der Waals surface area contributed by atoms with Gasteiger partial charge in [0.05, 0.1) is 9.82 Å². The topological polar surface area (TPSA) is 98.5 Å². The van der Waals surface area contributed by atoms with Gasteiger partial charge in [0.25, 0.3) is 5.69 Å². The molecule has 0 saturated carbocycles. The predicted octanol–water partition coefficient (Wildman–Crippen LogP) is 2.82. The quantitative estimate of drug-likeness (QED) is 0.616. The summed E-state index contributed by atoms with van der Waals surface area (Å²) in [5, 5.41) is 14.2. The second kappa shape index (κ2) is 7.39. The minimum absolute atomic E-state index is 0.104. The van der Waals surface area contributed by atoms with Gasteiger partial charge in [-0.25, -0.2) is 8.42 Å². The number of hydrogen-bond donors (Lipinski definition) is 1. The molecule has 1 aromatic rings. The van der Waals surface area contributed by atoms with Crippen molar-refractivity contribution >= 4 is 21.2 Å². The molecule has 0 amide bonds. The average molecular weight is 364 g/mol. The second-order valence-corrected chi connectivity index (χ2v) is 7.54. The largest absolute Gasteiger partial charge is 0.381 e. The third kappa shape index (κ3) is 3.99. The lowest BCUT2D eigenvalue weighted by atomic mass is 9.93. The Bertz CT molecular complexity index is 705. The number of nitrogens with one attached hydrogen (secondary N) is 1. The number of rotatable bonds is 6. The summed E-state index contributed by atoms with van der Waals surface area (Å²) in [6, 6.07) is 2.67. The van der Waals surface area contributed by atoms with Gasteiger partial charge in [-0.2, -0.15) is 8.78 Å². The first kappa shape index (κ1) is 18.5. The van der Waals surface area contributed by atoms with Crippen molar-refractivity contribution in [1.82, 2.24) is 0 Å². The normalized spacial score (nSPS) is 17.7. The van der Waals surface area contributed by atoms with Gasteiger partial charge < -0.3 is 10.1 Å². The van der Waals surface area contributed by atoms with Crippen molar-refractivity contribution in [3.05, 3.63) is 28.3 Å². The van der Waals surface area contributed by atoms with Gasteiger partial charge in [0.1, 0.15) is 5.69 Å². The fourth-order valence-electron chi connectivity index (χ4n) is 2.64. The molecule has 10 heteroatoms. The summed E-state index contributed by atoms with van der Waals surface area (Å²) in [7, 11) is -4.88. The number of nitro benzene ring substituents is 1. The Kier molecular flexibility index (Phi) is 5.70. The average Bonchev–Trinajstić information content (AvgIpc) is 2.55. The van der Waals surface area contributed by atoms with Crippen molar-refractivity contribution in [1.29, 1.82) is 0 Å². The summed E-state index contributed by atoms with van der Waals surface area (Å²) in [6.07, 6.45) is 1.61. The van der Waals surface area contributed by atoms with E-state index in [1.165, 1.54) is 0 Å². The molecule has 1 heterocycles. The molecule has 0 bridgehead atoms. The van der Waals surface area contributed by atoms with Crippen LogP contribution in [0.5, 0.6) is 0 Å². The zero-order valence-corrected chi connectivity index (χ0v) is 13.8. The molecule has 134 valence electrons. The van der Waals surface area contributed by atoms with Crippen molar-refractivity contribution in [2.75, 3.05) is 18.5 Å². The van der Waals surface area contributed by atoms with Crippen molar-refractivity contribution < 1.29 is 26.9 Å². The Morgan fingerprint density at radius 3 is 2.50 bits per heavy atom. The maximum Gasteiger partial charge on any atom is 0.341 e. The van der Waals surface area contributed by atoms with E-state index in [0.717, 1.165) is 25.0 Å². The summed E-state index contributed by atoms with van der Waals surface area (Å²) >= 11 is 0. The van der Waals surface area contributed by atoms with Crippen molar-refractivity contribution in [3.63, 3.8) is 0 Å². The lowest BCUT2D eigenvalue weighted by Crippen LogP contribution is -2.31. The van der Waals surface area contributed by atoms with Gasteiger partial charge in [0.15, 0.2) is 0 Å². The Labute approximate surface area is 138 Å². The van der Waals surface area contributed by atoms with E-state index in [-0.39, 0.29) is 17.6 Å². The molecule has 0 aromatic heterocycles. The first-order valence-corrected chi connectivity index (χ1v) is 8.93. The highest BCUT2D eigenvalue weighted by Crippen LogP contribution is 2.31. The van der Waals surface area contributed by atoms with Crippen LogP contribution in [-0.2, 0) is 14.6 Å². The maximum atomic E-state index is 12.6. The van der Waals surface area contributed by atoms with E-state index in [2.05, 4.69) is 5.32 Å². The van der Waals surface area contributed by atoms with Crippen LogP contribution in [0.25, 0.3) is 0 Å². The molecule has 0 aliphatic carbocycles. The van der Waals surface area contributed by atoms with Crippen LogP contribution in [0.4, 0.5) is 20.2 Å². The lowest BCUT2D eigenvalue weighted by molar-refractivity contribution is -0.384. The van der Waals surface area contributed by atoms with Gasteiger partial charge in [-0.1, -0.05) is 0 Å². The smallest absolute Gasteiger partial charge is 0.341 e. The highest BCUT2D eigenvalue weighted by Gasteiger charge is 2.30. The van der Waals surface area contributed by atoms with Crippen LogP contribution in [0, 0.1) is 16.0 Å². The number of nitrogens with zero attached hydrogens (tertiary/aromatic N) is 1. The van der Waals surface area contributed by atoms with Gasteiger partial charge in [-0.05, 0) is 37.8 Å². The number of alkyl halides is 2. The summed E-state index contributed by atoms with van der Waals surface area (Å²) in [4.78, 5) is 9.63. The maximum absolute atomic E-state index is 12.6. The number of benzene rings is 1. The van der Waals surface area contributed by atoms with E-state index >= 15 is 0 Å². The molecule has 1 aliphatic heterocycles. The van der Waals surface area contributed by atoms with Gasteiger partial charge in [0, 0.05) is 25.3 Å². The summed E-state index contributed by atoms with van der Waals surface area (Å²) < 4.78 is 53.4. The molecule has 0 radical (unpaired) electrons. The zero-order chi connectivity index (χ0) is 17.9. The standard InChI is InChI=1S/C14H18F2N2O5S/c1-9(10-4-6-23-7-5-10)17-12-3-2-11(8-13(12)18(19)20)24(21,22)14(15)16/h2-3,8-10,14,17H,4-7H2,1H3. The highest BCUT2D eigenvalue weighted by atomic mass is 32.2. The fraction of sp³-hybridized carbons (Fsp3) is 0.571. The molecule has 1 aliphatic rings. The van der Waals surface area contributed by atoms with E-state index in [4.69, 9.17) is 4.74 Å². The molecule has 1 aromatic carbocycles. The van der Waals surface area contributed by atoms with Crippen molar-refractivity contribution in [2.24, 2.45) is 5.92 Å². The van der Waals surface area contributed by atoms with Gasteiger partial charge in [0.2, 0.25) is 9.84 Å². The van der Waals surface area contributed by atoms with Gasteiger partial charge in [-0.3, -0.25) is 10.1 Å². The van der Waals surface area contributed by atoms with E-state index in [1.807, 2.05) is 6.92 Å². The minimum atomic E-state index is -4.88. The molecule has 1 atom stereocenters. The number of sulfone groups is 1. The van der Waals surface area contributed by atoms with Crippen LogP contribution < -0.4 is 5.32 Å². The molecule has 24 heavy (non-hydrogen) atoms. The number of halogens is 2. The summed E-state index contributed by atoms with van der Waals surface area (Å²) in [6.45, 7) is 3.10. The van der Waals surface area contributed by atoms with Crippen molar-refractivity contribution in [3.8, 4) is 0 Å². The SMILES string of the molecule is CC(Nc1ccc(S(=O)(=O)C(F)F)cc1[N+](=O)[O-])C1CCOCC1. The Balaban J connectivity index is 2.28.